The zero-order valence-electron chi connectivity index (χ0n) is 8.72. The minimum absolute atomic E-state index is 0.121. The fraction of sp³-hybridized carbons (Fsp3) is 0.333. The Labute approximate surface area is 107 Å². The molecule has 0 aliphatic rings. The first-order valence-electron chi connectivity index (χ1n) is 4.30. The third kappa shape index (κ3) is 5.30. The molecule has 0 saturated carbocycles. The van der Waals surface area contributed by atoms with Crippen LogP contribution in [-0.2, 0) is 0 Å². The molecule has 9 heteroatoms. The van der Waals surface area contributed by atoms with Crippen molar-refractivity contribution in [2.75, 3.05) is 7.11 Å². The van der Waals surface area contributed by atoms with E-state index in [0.717, 1.165) is 25.3 Å². The maximum Gasteiger partial charge on any atom is 0.446 e. The number of halogens is 6. The molecular formula is C9H6F6OS2. The molecule has 0 saturated heterocycles. The van der Waals surface area contributed by atoms with Gasteiger partial charge < -0.3 is 4.74 Å². The third-order valence-corrected chi connectivity index (χ3v) is 3.09. The number of alkyl halides is 6. The van der Waals surface area contributed by atoms with Gasteiger partial charge in [0.1, 0.15) is 5.75 Å². The molecule has 102 valence electrons. The quantitative estimate of drug-likeness (QED) is 0.579. The molecule has 0 aliphatic carbocycles. The zero-order valence-corrected chi connectivity index (χ0v) is 10.4. The first kappa shape index (κ1) is 15.4. The van der Waals surface area contributed by atoms with Gasteiger partial charge in [-0.1, -0.05) is 0 Å². The lowest BCUT2D eigenvalue weighted by atomic mass is 10.3. The predicted octanol–water partition coefficient (Wildman–Crippen LogP) is 4.92. The fourth-order valence-electron chi connectivity index (χ4n) is 1.06. The van der Waals surface area contributed by atoms with Crippen LogP contribution in [0.1, 0.15) is 0 Å². The maximum absolute atomic E-state index is 12.2. The molecule has 1 rings (SSSR count). The number of methoxy groups -OCH3 is 1. The van der Waals surface area contributed by atoms with Gasteiger partial charge in [0, 0.05) is 4.90 Å². The van der Waals surface area contributed by atoms with E-state index in [-0.39, 0.29) is 10.6 Å². The van der Waals surface area contributed by atoms with Crippen LogP contribution in [0.5, 0.6) is 5.75 Å². The number of benzene rings is 1. The van der Waals surface area contributed by atoms with Crippen molar-refractivity contribution in [2.45, 2.75) is 20.8 Å². The third-order valence-electron chi connectivity index (χ3n) is 1.59. The van der Waals surface area contributed by atoms with Gasteiger partial charge in [-0.2, -0.15) is 26.3 Å². The molecule has 0 spiro atoms. The van der Waals surface area contributed by atoms with Crippen LogP contribution in [0.2, 0.25) is 0 Å². The lowest BCUT2D eigenvalue weighted by Crippen LogP contribution is -2.02. The summed E-state index contributed by atoms with van der Waals surface area (Å²) >= 11 is -0.990. The SMILES string of the molecule is COc1ccc(SC(F)(F)F)cc1SC(F)(F)F. The number of rotatable bonds is 3. The Kier molecular flexibility index (Phi) is 4.71. The van der Waals surface area contributed by atoms with E-state index in [1.807, 2.05) is 0 Å². The van der Waals surface area contributed by atoms with Crippen LogP contribution in [0.3, 0.4) is 0 Å². The van der Waals surface area contributed by atoms with Gasteiger partial charge in [0.2, 0.25) is 0 Å². The van der Waals surface area contributed by atoms with Crippen LogP contribution in [0, 0.1) is 0 Å². The minimum Gasteiger partial charge on any atom is -0.496 e. The van der Waals surface area contributed by atoms with E-state index in [4.69, 9.17) is 0 Å². The van der Waals surface area contributed by atoms with E-state index in [0.29, 0.717) is 0 Å². The second-order valence-corrected chi connectivity index (χ2v) is 5.15. The summed E-state index contributed by atoms with van der Waals surface area (Å²) in [7, 11) is 1.15. The molecule has 0 heterocycles. The van der Waals surface area contributed by atoms with Crippen LogP contribution in [0.15, 0.2) is 28.0 Å². The Bertz CT molecular complexity index is 414. The summed E-state index contributed by atoms with van der Waals surface area (Å²) in [6, 6.07) is 2.93. The van der Waals surface area contributed by atoms with Crippen LogP contribution in [0.4, 0.5) is 26.3 Å². The van der Waals surface area contributed by atoms with Crippen LogP contribution in [-0.4, -0.2) is 18.1 Å². The molecule has 0 radical (unpaired) electrons. The lowest BCUT2D eigenvalue weighted by Gasteiger charge is -2.12. The Morgan fingerprint density at radius 3 is 1.94 bits per heavy atom. The highest BCUT2D eigenvalue weighted by atomic mass is 32.2. The topological polar surface area (TPSA) is 9.23 Å². The standard InChI is InChI=1S/C9H6F6OS2/c1-16-6-3-2-5(17-8(10,11)12)4-7(6)18-9(13,14)15/h2-4H,1H3. The molecule has 0 aliphatic heterocycles. The highest BCUT2D eigenvalue weighted by Gasteiger charge is 2.33. The maximum atomic E-state index is 12.2. The van der Waals surface area contributed by atoms with Crippen molar-refractivity contribution in [3.8, 4) is 5.75 Å². The average molecular weight is 308 g/mol. The normalized spacial score (nSPS) is 12.6. The first-order valence-corrected chi connectivity index (χ1v) is 5.93. The van der Waals surface area contributed by atoms with Crippen LogP contribution < -0.4 is 4.74 Å². The van der Waals surface area contributed by atoms with E-state index >= 15 is 0 Å². The Balaban J connectivity index is 3.02. The van der Waals surface area contributed by atoms with Crippen molar-refractivity contribution < 1.29 is 31.1 Å². The monoisotopic (exact) mass is 308 g/mol. The molecule has 0 aromatic heterocycles. The molecule has 0 fully saturated rings. The summed E-state index contributed by atoms with van der Waals surface area (Å²) in [6.45, 7) is 0. The van der Waals surface area contributed by atoms with Crippen LogP contribution in [0.25, 0.3) is 0 Å². The van der Waals surface area contributed by atoms with Crippen molar-refractivity contribution >= 4 is 23.5 Å². The predicted molar refractivity (Wildman–Crippen MR) is 56.8 cm³/mol. The zero-order chi connectivity index (χ0) is 14.0. The first-order chi connectivity index (χ1) is 8.11. The van der Waals surface area contributed by atoms with E-state index in [2.05, 4.69) is 4.74 Å². The van der Waals surface area contributed by atoms with Crippen molar-refractivity contribution in [2.24, 2.45) is 0 Å². The Hall–Kier alpha value is -0.700. The average Bonchev–Trinajstić information content (AvgIpc) is 2.12. The number of thioether (sulfide) groups is 2. The fourth-order valence-corrected chi connectivity index (χ4v) is 2.40. The van der Waals surface area contributed by atoms with Crippen molar-refractivity contribution in [3.63, 3.8) is 0 Å². The molecule has 0 atom stereocenters. The number of hydrogen-bond acceptors (Lipinski definition) is 3. The Morgan fingerprint density at radius 1 is 0.944 bits per heavy atom. The summed E-state index contributed by atoms with van der Waals surface area (Å²) in [4.78, 5) is -0.727. The molecule has 1 nitrogen and oxygen atoms in total. The number of ether oxygens (including phenoxy) is 1. The van der Waals surface area contributed by atoms with Gasteiger partial charge in [0.05, 0.1) is 12.0 Å². The van der Waals surface area contributed by atoms with E-state index < -0.39 is 39.4 Å². The summed E-state index contributed by atoms with van der Waals surface area (Å²) in [6.07, 6.45) is 0. The second kappa shape index (κ2) is 5.52. The largest absolute Gasteiger partial charge is 0.496 e. The molecule has 0 amide bonds. The van der Waals surface area contributed by atoms with Gasteiger partial charge in [-0.15, -0.1) is 0 Å². The minimum atomic E-state index is -4.59. The summed E-state index contributed by atoms with van der Waals surface area (Å²) in [5.74, 6) is -0.121. The smallest absolute Gasteiger partial charge is 0.446 e. The van der Waals surface area contributed by atoms with E-state index in [1.54, 1.807) is 0 Å². The van der Waals surface area contributed by atoms with Crippen molar-refractivity contribution in [3.05, 3.63) is 18.2 Å². The molecule has 0 N–H and O–H groups in total. The van der Waals surface area contributed by atoms with Gasteiger partial charge in [-0.05, 0) is 41.7 Å². The van der Waals surface area contributed by atoms with Crippen molar-refractivity contribution in [1.29, 1.82) is 0 Å². The van der Waals surface area contributed by atoms with Gasteiger partial charge in [-0.3, -0.25) is 0 Å². The highest BCUT2D eigenvalue weighted by Crippen LogP contribution is 2.45. The lowest BCUT2D eigenvalue weighted by molar-refractivity contribution is -0.0335. The summed E-state index contributed by atoms with van der Waals surface area (Å²) in [5, 5.41) is 0. The van der Waals surface area contributed by atoms with E-state index in [1.165, 1.54) is 0 Å². The van der Waals surface area contributed by atoms with Gasteiger partial charge >= 0.3 is 11.0 Å². The van der Waals surface area contributed by atoms with Gasteiger partial charge in [-0.25, -0.2) is 0 Å². The highest BCUT2D eigenvalue weighted by molar-refractivity contribution is 8.01. The summed E-state index contributed by atoms with van der Waals surface area (Å²) in [5.41, 5.74) is -9.14. The summed E-state index contributed by atoms with van der Waals surface area (Å²) < 4.78 is 77.6. The molecule has 1 aromatic rings. The molecule has 1 aromatic carbocycles. The van der Waals surface area contributed by atoms with Crippen molar-refractivity contribution in [1.82, 2.24) is 0 Å². The Morgan fingerprint density at radius 2 is 1.50 bits per heavy atom. The van der Waals surface area contributed by atoms with Crippen LogP contribution >= 0.6 is 23.5 Å². The van der Waals surface area contributed by atoms with E-state index in [9.17, 15) is 26.3 Å². The molecule has 0 unspecified atom stereocenters. The number of hydrogen-bond donors (Lipinski definition) is 0. The molecular weight excluding hydrogens is 302 g/mol. The van der Waals surface area contributed by atoms with Gasteiger partial charge in [0.25, 0.3) is 0 Å². The molecule has 18 heavy (non-hydrogen) atoms. The van der Waals surface area contributed by atoms with Gasteiger partial charge in [0.15, 0.2) is 0 Å². The second-order valence-electron chi connectivity index (χ2n) is 2.91. The molecule has 0 bridgehead atoms.